The summed E-state index contributed by atoms with van der Waals surface area (Å²) >= 11 is 4.93. The molecule has 4 N–H and O–H groups in total. The van der Waals surface area contributed by atoms with E-state index in [1.165, 1.54) is 0 Å². The van der Waals surface area contributed by atoms with Gasteiger partial charge in [-0.3, -0.25) is 0 Å². The Balaban J connectivity index is 2.97. The molecule has 1 rings (SSSR count). The summed E-state index contributed by atoms with van der Waals surface area (Å²) < 4.78 is 4.81. The van der Waals surface area contributed by atoms with Crippen LogP contribution in [-0.2, 0) is 4.74 Å². The van der Waals surface area contributed by atoms with Gasteiger partial charge in [-0.25, -0.2) is 9.78 Å². The smallest absolute Gasteiger partial charge is 0.358 e. The van der Waals surface area contributed by atoms with Gasteiger partial charge in [-0.1, -0.05) is 11.3 Å². The van der Waals surface area contributed by atoms with Crippen LogP contribution in [0.4, 0.5) is 5.13 Å². The largest absolute Gasteiger partial charge is 0.461 e. The van der Waals surface area contributed by atoms with Crippen molar-refractivity contribution in [3.8, 4) is 0 Å². The zero-order chi connectivity index (χ0) is 13.7. The number of nitrogen functional groups attached to an aromatic ring is 1. The molecule has 0 spiro atoms. The number of ether oxygens (including phenoxy) is 1. The molecule has 0 bridgehead atoms. The van der Waals surface area contributed by atoms with Crippen LogP contribution >= 0.6 is 24.0 Å². The van der Waals surface area contributed by atoms with Gasteiger partial charge < -0.3 is 20.7 Å². The third kappa shape index (κ3) is 3.58. The lowest BCUT2D eigenvalue weighted by Gasteiger charge is -2.16. The average molecular weight is 292 g/mol. The van der Waals surface area contributed by atoms with Gasteiger partial charge in [-0.05, 0) is 19.1 Å². The molecule has 1 aromatic heterocycles. The molecular formula is C10H16N2O4S2. The standard InChI is InChI=1S/C10H16N2O4S2/c1-2-16-9(15)6-8(18-10(11)12-6)7(14)5(13)3-4-17/h5,7,13-14,17H,2-4H2,1H3,(H2,11,12). The van der Waals surface area contributed by atoms with Gasteiger partial charge in [-0.15, -0.1) is 0 Å². The van der Waals surface area contributed by atoms with E-state index in [0.29, 0.717) is 12.2 Å². The predicted molar refractivity (Wildman–Crippen MR) is 71.9 cm³/mol. The number of carbonyl (C=O) groups is 1. The van der Waals surface area contributed by atoms with Crippen LogP contribution in [0, 0.1) is 0 Å². The molecule has 2 unspecified atom stereocenters. The lowest BCUT2D eigenvalue weighted by atomic mass is 10.1. The van der Waals surface area contributed by atoms with Crippen LogP contribution in [0.25, 0.3) is 0 Å². The second-order valence-corrected chi connectivity index (χ2v) is 5.02. The highest BCUT2D eigenvalue weighted by atomic mass is 32.1. The maximum Gasteiger partial charge on any atom is 0.358 e. The van der Waals surface area contributed by atoms with Crippen LogP contribution in [0.1, 0.15) is 34.8 Å². The number of nitrogens with zero attached hydrogens (tertiary/aromatic N) is 1. The summed E-state index contributed by atoms with van der Waals surface area (Å²) in [6.45, 7) is 1.87. The first-order valence-electron chi connectivity index (χ1n) is 5.41. The second-order valence-electron chi connectivity index (χ2n) is 3.51. The quantitative estimate of drug-likeness (QED) is 0.452. The summed E-state index contributed by atoms with van der Waals surface area (Å²) in [6, 6.07) is 0. The Morgan fingerprint density at radius 1 is 1.61 bits per heavy atom. The summed E-state index contributed by atoms with van der Waals surface area (Å²) in [7, 11) is 0. The highest BCUT2D eigenvalue weighted by Crippen LogP contribution is 2.30. The Morgan fingerprint density at radius 2 is 2.28 bits per heavy atom. The first-order chi connectivity index (χ1) is 8.51. The number of esters is 1. The van der Waals surface area contributed by atoms with Crippen LogP contribution in [0.2, 0.25) is 0 Å². The zero-order valence-electron chi connectivity index (χ0n) is 9.87. The molecule has 18 heavy (non-hydrogen) atoms. The van der Waals surface area contributed by atoms with Crippen molar-refractivity contribution in [1.29, 1.82) is 0 Å². The van der Waals surface area contributed by atoms with Crippen molar-refractivity contribution in [3.05, 3.63) is 10.6 Å². The van der Waals surface area contributed by atoms with Crippen LogP contribution in [0.3, 0.4) is 0 Å². The highest BCUT2D eigenvalue weighted by molar-refractivity contribution is 7.80. The topological polar surface area (TPSA) is 106 Å². The van der Waals surface area contributed by atoms with E-state index in [-0.39, 0.29) is 22.3 Å². The predicted octanol–water partition coefficient (Wildman–Crippen LogP) is 0.616. The molecule has 6 nitrogen and oxygen atoms in total. The normalized spacial score (nSPS) is 14.2. The first kappa shape index (κ1) is 15.2. The van der Waals surface area contributed by atoms with Gasteiger partial charge >= 0.3 is 5.97 Å². The molecule has 0 aliphatic rings. The van der Waals surface area contributed by atoms with Gasteiger partial charge in [0.25, 0.3) is 0 Å². The van der Waals surface area contributed by atoms with Crippen LogP contribution in [-0.4, -0.2) is 39.6 Å². The van der Waals surface area contributed by atoms with Crippen molar-refractivity contribution < 1.29 is 19.7 Å². The Labute approximate surface area is 114 Å². The van der Waals surface area contributed by atoms with Crippen LogP contribution < -0.4 is 5.73 Å². The van der Waals surface area contributed by atoms with E-state index in [0.717, 1.165) is 11.3 Å². The van der Waals surface area contributed by atoms with E-state index < -0.39 is 18.2 Å². The van der Waals surface area contributed by atoms with E-state index in [4.69, 9.17) is 10.5 Å². The molecule has 1 aromatic rings. The number of aliphatic hydroxyl groups excluding tert-OH is 2. The molecule has 102 valence electrons. The number of aliphatic hydroxyl groups is 2. The second kappa shape index (κ2) is 6.93. The van der Waals surface area contributed by atoms with Gasteiger partial charge in [0.1, 0.15) is 6.10 Å². The zero-order valence-corrected chi connectivity index (χ0v) is 11.6. The number of thiol groups is 1. The minimum absolute atomic E-state index is 0.0370. The Bertz CT molecular complexity index is 411. The SMILES string of the molecule is CCOC(=O)c1nc(N)sc1C(O)C(O)CCS. The summed E-state index contributed by atoms with van der Waals surface area (Å²) in [4.78, 5) is 15.7. The number of thiazole rings is 1. The molecule has 0 saturated heterocycles. The molecule has 0 aliphatic carbocycles. The monoisotopic (exact) mass is 292 g/mol. The molecule has 2 atom stereocenters. The first-order valence-corrected chi connectivity index (χ1v) is 6.86. The summed E-state index contributed by atoms with van der Waals surface area (Å²) in [5.41, 5.74) is 5.48. The number of hydrogen-bond acceptors (Lipinski definition) is 8. The molecule has 8 heteroatoms. The van der Waals surface area contributed by atoms with Crippen molar-refractivity contribution in [2.45, 2.75) is 25.6 Å². The lowest BCUT2D eigenvalue weighted by Crippen LogP contribution is -2.20. The molecule has 0 aliphatic heterocycles. The van der Waals surface area contributed by atoms with Gasteiger partial charge in [0.05, 0.1) is 17.6 Å². The maximum atomic E-state index is 11.6. The number of anilines is 1. The number of aromatic nitrogens is 1. The summed E-state index contributed by atoms with van der Waals surface area (Å²) in [5.74, 6) is -0.237. The fraction of sp³-hybridized carbons (Fsp3) is 0.600. The third-order valence-corrected chi connectivity index (χ3v) is 3.41. The van der Waals surface area contributed by atoms with Gasteiger partial charge in [0, 0.05) is 0 Å². The van der Waals surface area contributed by atoms with Crippen LogP contribution in [0.5, 0.6) is 0 Å². The van der Waals surface area contributed by atoms with E-state index in [9.17, 15) is 15.0 Å². The van der Waals surface area contributed by atoms with Crippen LogP contribution in [0.15, 0.2) is 0 Å². The molecule has 1 heterocycles. The van der Waals surface area contributed by atoms with Gasteiger partial charge in [0.2, 0.25) is 0 Å². The van der Waals surface area contributed by atoms with E-state index >= 15 is 0 Å². The highest BCUT2D eigenvalue weighted by Gasteiger charge is 2.28. The van der Waals surface area contributed by atoms with E-state index in [2.05, 4.69) is 17.6 Å². The maximum absolute atomic E-state index is 11.6. The Hall–Kier alpha value is -0.830. The third-order valence-electron chi connectivity index (χ3n) is 2.20. The minimum Gasteiger partial charge on any atom is -0.461 e. The van der Waals surface area contributed by atoms with Gasteiger partial charge in [-0.2, -0.15) is 12.6 Å². The van der Waals surface area contributed by atoms with Crippen molar-refractivity contribution in [2.75, 3.05) is 18.1 Å². The number of hydrogen-bond donors (Lipinski definition) is 4. The summed E-state index contributed by atoms with van der Waals surface area (Å²) in [6.07, 6.45) is -1.94. The molecule has 0 amide bonds. The molecule has 0 radical (unpaired) electrons. The van der Waals surface area contributed by atoms with Crippen molar-refractivity contribution >= 4 is 35.1 Å². The Kier molecular flexibility index (Phi) is 5.86. The fourth-order valence-electron chi connectivity index (χ4n) is 1.36. The number of carbonyl (C=O) groups excluding carboxylic acids is 1. The molecular weight excluding hydrogens is 276 g/mol. The van der Waals surface area contributed by atoms with Crippen molar-refractivity contribution in [2.24, 2.45) is 0 Å². The molecule has 0 aromatic carbocycles. The lowest BCUT2D eigenvalue weighted by molar-refractivity contribution is 0.0177. The minimum atomic E-state index is -1.22. The molecule has 0 fully saturated rings. The Morgan fingerprint density at radius 3 is 2.83 bits per heavy atom. The van der Waals surface area contributed by atoms with Gasteiger partial charge in [0.15, 0.2) is 10.8 Å². The van der Waals surface area contributed by atoms with E-state index in [1.807, 2.05) is 0 Å². The molecule has 0 saturated carbocycles. The summed E-state index contributed by atoms with van der Waals surface area (Å²) in [5, 5.41) is 19.8. The fourth-order valence-corrected chi connectivity index (χ4v) is 2.49. The van der Waals surface area contributed by atoms with Crippen molar-refractivity contribution in [1.82, 2.24) is 4.98 Å². The number of rotatable bonds is 6. The van der Waals surface area contributed by atoms with Crippen molar-refractivity contribution in [3.63, 3.8) is 0 Å². The number of nitrogens with two attached hydrogens (primary N) is 1. The van der Waals surface area contributed by atoms with E-state index in [1.54, 1.807) is 6.92 Å². The average Bonchev–Trinajstić information content (AvgIpc) is 2.71.